The van der Waals surface area contributed by atoms with Crippen LogP contribution in [-0.4, -0.2) is 29.0 Å². The molecule has 1 N–H and O–H groups in total. The van der Waals surface area contributed by atoms with Crippen LogP contribution in [0.1, 0.15) is 39.0 Å². The van der Waals surface area contributed by atoms with Gasteiger partial charge in [-0.25, -0.2) is 0 Å². The van der Waals surface area contributed by atoms with Crippen LogP contribution in [-0.2, 0) is 6.54 Å². The summed E-state index contributed by atoms with van der Waals surface area (Å²) in [6, 6.07) is 0.428. The molecule has 0 bridgehead atoms. The van der Waals surface area contributed by atoms with Crippen LogP contribution in [0, 0.1) is 0 Å². The molecular weight excluding hydrogens is 214 g/mol. The lowest BCUT2D eigenvalue weighted by molar-refractivity contribution is 0.155. The third-order valence-corrected chi connectivity index (χ3v) is 3.42. The van der Waals surface area contributed by atoms with Crippen molar-refractivity contribution in [3.63, 3.8) is 0 Å². The number of hydrogen-bond donors (Lipinski definition) is 1. The summed E-state index contributed by atoms with van der Waals surface area (Å²) in [7, 11) is 1.97. The van der Waals surface area contributed by atoms with E-state index in [4.69, 9.17) is 4.74 Å². The number of rotatable bonds is 5. The first-order valence-corrected chi connectivity index (χ1v) is 6.64. The van der Waals surface area contributed by atoms with E-state index < -0.39 is 0 Å². The predicted molar refractivity (Wildman–Crippen MR) is 68.2 cm³/mol. The van der Waals surface area contributed by atoms with Gasteiger partial charge in [0.1, 0.15) is 0 Å². The number of likely N-dealkylation sites (N-methyl/N-ethyl adjacent to an activating group) is 1. The lowest BCUT2D eigenvalue weighted by atomic mass is 9.98. The largest absolute Gasteiger partial charge is 0.487 e. The highest BCUT2D eigenvalue weighted by molar-refractivity contribution is 5.12. The van der Waals surface area contributed by atoms with Crippen LogP contribution in [0.3, 0.4) is 0 Å². The van der Waals surface area contributed by atoms with Gasteiger partial charge >= 0.3 is 0 Å². The molecule has 96 valence electrons. The Hall–Kier alpha value is -1.03. The standard InChI is InChI=1S/C13H23N3O/c1-11(14-2)9-16-10-13(8-15-16)17-12-6-4-3-5-7-12/h8,10-12,14H,3-7,9H2,1-2H3. The summed E-state index contributed by atoms with van der Waals surface area (Å²) in [5.41, 5.74) is 0. The Labute approximate surface area is 103 Å². The van der Waals surface area contributed by atoms with E-state index in [1.807, 2.05) is 24.1 Å². The minimum atomic E-state index is 0.406. The molecule has 0 aliphatic heterocycles. The van der Waals surface area contributed by atoms with Crippen molar-refractivity contribution in [2.45, 2.75) is 57.7 Å². The molecule has 0 saturated heterocycles. The van der Waals surface area contributed by atoms with Crippen LogP contribution in [0.2, 0.25) is 0 Å². The van der Waals surface area contributed by atoms with E-state index in [1.54, 1.807) is 0 Å². The molecule has 1 aliphatic carbocycles. The van der Waals surface area contributed by atoms with Crippen molar-refractivity contribution in [2.75, 3.05) is 7.05 Å². The summed E-state index contributed by atoms with van der Waals surface area (Å²) >= 11 is 0. The number of nitrogens with zero attached hydrogens (tertiary/aromatic N) is 2. The molecule has 1 saturated carbocycles. The van der Waals surface area contributed by atoms with Crippen LogP contribution < -0.4 is 10.1 Å². The Bertz CT molecular complexity index is 331. The van der Waals surface area contributed by atoms with Crippen LogP contribution in [0.25, 0.3) is 0 Å². The maximum absolute atomic E-state index is 5.95. The second-order valence-corrected chi connectivity index (χ2v) is 4.97. The zero-order valence-corrected chi connectivity index (χ0v) is 10.9. The summed E-state index contributed by atoms with van der Waals surface area (Å²) < 4.78 is 7.89. The summed E-state index contributed by atoms with van der Waals surface area (Å²) in [5.74, 6) is 0.917. The Morgan fingerprint density at radius 2 is 2.24 bits per heavy atom. The number of hydrogen-bond acceptors (Lipinski definition) is 3. The molecule has 2 rings (SSSR count). The Morgan fingerprint density at radius 3 is 2.94 bits per heavy atom. The van der Waals surface area contributed by atoms with Gasteiger partial charge in [-0.15, -0.1) is 0 Å². The first-order valence-electron chi connectivity index (χ1n) is 6.64. The van der Waals surface area contributed by atoms with Gasteiger partial charge < -0.3 is 10.1 Å². The molecule has 4 nitrogen and oxygen atoms in total. The van der Waals surface area contributed by atoms with E-state index in [-0.39, 0.29) is 0 Å². The first kappa shape index (κ1) is 12.4. The maximum atomic E-state index is 5.95. The minimum absolute atomic E-state index is 0.406. The fourth-order valence-corrected chi connectivity index (χ4v) is 2.25. The molecule has 0 radical (unpaired) electrons. The molecule has 1 heterocycles. The SMILES string of the molecule is CNC(C)Cn1cc(OC2CCCCC2)cn1. The highest BCUT2D eigenvalue weighted by atomic mass is 16.5. The van der Waals surface area contributed by atoms with Crippen LogP contribution in [0.5, 0.6) is 5.75 Å². The van der Waals surface area contributed by atoms with Gasteiger partial charge in [0.15, 0.2) is 5.75 Å². The lowest BCUT2D eigenvalue weighted by Crippen LogP contribution is -2.26. The van der Waals surface area contributed by atoms with Crippen molar-refractivity contribution < 1.29 is 4.74 Å². The van der Waals surface area contributed by atoms with Gasteiger partial charge in [0.2, 0.25) is 0 Å². The molecule has 1 fully saturated rings. The van der Waals surface area contributed by atoms with Gasteiger partial charge in [0, 0.05) is 6.04 Å². The highest BCUT2D eigenvalue weighted by Crippen LogP contribution is 2.22. The number of ether oxygens (including phenoxy) is 1. The second kappa shape index (κ2) is 6.05. The van der Waals surface area contributed by atoms with E-state index in [0.717, 1.165) is 12.3 Å². The molecule has 1 unspecified atom stereocenters. The topological polar surface area (TPSA) is 39.1 Å². The number of aromatic nitrogens is 2. The molecule has 1 aromatic rings. The highest BCUT2D eigenvalue weighted by Gasteiger charge is 2.15. The van der Waals surface area contributed by atoms with Crippen molar-refractivity contribution in [1.82, 2.24) is 15.1 Å². The zero-order valence-electron chi connectivity index (χ0n) is 10.9. The third-order valence-electron chi connectivity index (χ3n) is 3.42. The maximum Gasteiger partial charge on any atom is 0.157 e. The van der Waals surface area contributed by atoms with Crippen molar-refractivity contribution in [3.8, 4) is 5.75 Å². The molecule has 1 aliphatic rings. The van der Waals surface area contributed by atoms with E-state index in [1.165, 1.54) is 32.1 Å². The average Bonchev–Trinajstić information content (AvgIpc) is 2.77. The van der Waals surface area contributed by atoms with E-state index in [9.17, 15) is 0 Å². The molecule has 0 amide bonds. The van der Waals surface area contributed by atoms with Crippen molar-refractivity contribution >= 4 is 0 Å². The molecule has 0 aromatic carbocycles. The van der Waals surface area contributed by atoms with E-state index in [0.29, 0.717) is 12.1 Å². The van der Waals surface area contributed by atoms with Gasteiger partial charge in [-0.05, 0) is 39.7 Å². The molecular formula is C13H23N3O. The first-order chi connectivity index (χ1) is 8.28. The smallest absolute Gasteiger partial charge is 0.157 e. The van der Waals surface area contributed by atoms with Crippen molar-refractivity contribution in [2.24, 2.45) is 0 Å². The van der Waals surface area contributed by atoms with Crippen LogP contribution >= 0.6 is 0 Å². The molecule has 17 heavy (non-hydrogen) atoms. The van der Waals surface area contributed by atoms with Crippen molar-refractivity contribution in [3.05, 3.63) is 12.4 Å². The summed E-state index contributed by atoms with van der Waals surface area (Å²) in [6.45, 7) is 3.02. The summed E-state index contributed by atoms with van der Waals surface area (Å²) in [6.07, 6.45) is 10.6. The van der Waals surface area contributed by atoms with E-state index in [2.05, 4.69) is 17.3 Å². The molecule has 0 spiro atoms. The Morgan fingerprint density at radius 1 is 1.47 bits per heavy atom. The summed E-state index contributed by atoms with van der Waals surface area (Å²) in [4.78, 5) is 0. The number of nitrogens with one attached hydrogen (secondary N) is 1. The lowest BCUT2D eigenvalue weighted by Gasteiger charge is -2.21. The van der Waals surface area contributed by atoms with E-state index >= 15 is 0 Å². The van der Waals surface area contributed by atoms with Gasteiger partial charge in [-0.2, -0.15) is 5.10 Å². The summed E-state index contributed by atoms with van der Waals surface area (Å²) in [5, 5.41) is 7.52. The zero-order chi connectivity index (χ0) is 12.1. The van der Waals surface area contributed by atoms with Crippen LogP contribution in [0.4, 0.5) is 0 Å². The van der Waals surface area contributed by atoms with Gasteiger partial charge in [0.05, 0.1) is 25.0 Å². The van der Waals surface area contributed by atoms with Gasteiger partial charge in [-0.1, -0.05) is 6.42 Å². The Kier molecular flexibility index (Phi) is 4.42. The second-order valence-electron chi connectivity index (χ2n) is 4.97. The quantitative estimate of drug-likeness (QED) is 0.853. The van der Waals surface area contributed by atoms with Gasteiger partial charge in [0.25, 0.3) is 0 Å². The average molecular weight is 237 g/mol. The molecule has 1 atom stereocenters. The normalized spacial score (nSPS) is 19.2. The fourth-order valence-electron chi connectivity index (χ4n) is 2.25. The van der Waals surface area contributed by atoms with Crippen molar-refractivity contribution in [1.29, 1.82) is 0 Å². The Balaban J connectivity index is 1.84. The fraction of sp³-hybridized carbons (Fsp3) is 0.769. The minimum Gasteiger partial charge on any atom is -0.487 e. The predicted octanol–water partition coefficient (Wildman–Crippen LogP) is 2.20. The van der Waals surface area contributed by atoms with Crippen LogP contribution in [0.15, 0.2) is 12.4 Å². The molecule has 4 heteroatoms. The third kappa shape index (κ3) is 3.73. The van der Waals surface area contributed by atoms with Gasteiger partial charge in [-0.3, -0.25) is 4.68 Å². The monoisotopic (exact) mass is 237 g/mol. The molecule has 1 aromatic heterocycles.